The third-order valence-electron chi connectivity index (χ3n) is 5.34. The van der Waals surface area contributed by atoms with E-state index in [0.29, 0.717) is 23.5 Å². The predicted molar refractivity (Wildman–Crippen MR) is 123 cm³/mol. The molecule has 0 aliphatic carbocycles. The molecule has 30 heavy (non-hydrogen) atoms. The van der Waals surface area contributed by atoms with Gasteiger partial charge in [-0.1, -0.05) is 55.8 Å². The normalized spacial score (nSPS) is 15.4. The van der Waals surface area contributed by atoms with Crippen LogP contribution in [0, 0.1) is 20.8 Å². The van der Waals surface area contributed by atoms with E-state index in [1.54, 1.807) is 10.6 Å². The van der Waals surface area contributed by atoms with Gasteiger partial charge >= 0.3 is 0 Å². The Morgan fingerprint density at radius 2 is 1.77 bits per heavy atom. The van der Waals surface area contributed by atoms with Crippen molar-refractivity contribution >= 4 is 17.6 Å². The first-order valence-corrected chi connectivity index (χ1v) is 10.2. The molecule has 3 aromatic rings. The van der Waals surface area contributed by atoms with Crippen molar-refractivity contribution < 1.29 is 0 Å². The Morgan fingerprint density at radius 3 is 2.43 bits per heavy atom. The number of hydrogen-bond donors (Lipinski definition) is 2. The number of benzene rings is 2. The summed E-state index contributed by atoms with van der Waals surface area (Å²) in [4.78, 5) is 22.2. The van der Waals surface area contributed by atoms with E-state index in [0.717, 1.165) is 16.8 Å². The van der Waals surface area contributed by atoms with E-state index in [-0.39, 0.29) is 5.56 Å². The number of aliphatic imine (C=N–C) groups is 1. The number of guanidine groups is 1. The molecule has 0 bridgehead atoms. The second-order valence-corrected chi connectivity index (χ2v) is 8.17. The van der Waals surface area contributed by atoms with Crippen LogP contribution in [0.2, 0.25) is 0 Å². The van der Waals surface area contributed by atoms with Gasteiger partial charge in [0.15, 0.2) is 6.17 Å². The van der Waals surface area contributed by atoms with E-state index in [1.165, 1.54) is 11.1 Å². The van der Waals surface area contributed by atoms with E-state index in [2.05, 4.69) is 67.6 Å². The number of fused-ring (bicyclic) bond motifs is 1. The first-order valence-electron chi connectivity index (χ1n) is 10.2. The summed E-state index contributed by atoms with van der Waals surface area (Å²) in [5.41, 5.74) is 6.02. The molecule has 2 N–H and O–H groups in total. The third-order valence-corrected chi connectivity index (χ3v) is 5.34. The molecular formula is C24H27N5O. The minimum Gasteiger partial charge on any atom is -0.326 e. The van der Waals surface area contributed by atoms with Gasteiger partial charge in [0.1, 0.15) is 0 Å². The lowest BCUT2D eigenvalue weighted by molar-refractivity contribution is 0.577. The van der Waals surface area contributed by atoms with Crippen LogP contribution in [0.4, 0.5) is 11.6 Å². The summed E-state index contributed by atoms with van der Waals surface area (Å²) in [7, 11) is 0. The molecule has 1 aliphatic heterocycles. The average molecular weight is 402 g/mol. The summed E-state index contributed by atoms with van der Waals surface area (Å²) >= 11 is 0. The fraction of sp³-hybridized carbons (Fsp3) is 0.292. The Morgan fingerprint density at radius 1 is 1.03 bits per heavy atom. The standard InChI is InChI=1S/C24H27N5O/c1-14(2)18-7-9-19(10-8-18)22-27-23(26-20-11-6-15(3)12-16(20)4)28-24-25-17(5)13-21(30)29(22)24/h6-14,22H,1-5H3,(H2,25,26,27,28)/t22-/m0/s1. The van der Waals surface area contributed by atoms with Gasteiger partial charge in [-0.15, -0.1) is 0 Å². The average Bonchev–Trinajstić information content (AvgIpc) is 2.69. The van der Waals surface area contributed by atoms with Crippen LogP contribution < -0.4 is 16.2 Å². The molecule has 6 heteroatoms. The van der Waals surface area contributed by atoms with Crippen molar-refractivity contribution in [1.82, 2.24) is 9.55 Å². The lowest BCUT2D eigenvalue weighted by Gasteiger charge is -2.27. The molecule has 0 unspecified atom stereocenters. The Hall–Kier alpha value is -3.41. The van der Waals surface area contributed by atoms with Crippen LogP contribution in [0.1, 0.15) is 53.9 Å². The number of anilines is 2. The molecule has 1 atom stereocenters. The Balaban J connectivity index is 1.78. The van der Waals surface area contributed by atoms with Crippen LogP contribution in [0.5, 0.6) is 0 Å². The number of aryl methyl sites for hydroxylation is 3. The highest BCUT2D eigenvalue weighted by Crippen LogP contribution is 2.27. The summed E-state index contributed by atoms with van der Waals surface area (Å²) in [5, 5.41) is 6.56. The molecule has 0 spiro atoms. The predicted octanol–water partition coefficient (Wildman–Crippen LogP) is 4.73. The van der Waals surface area contributed by atoms with Crippen molar-refractivity contribution in [1.29, 1.82) is 0 Å². The summed E-state index contributed by atoms with van der Waals surface area (Å²) in [6.07, 6.45) is -0.490. The molecule has 0 saturated carbocycles. The zero-order chi connectivity index (χ0) is 21.4. The van der Waals surface area contributed by atoms with Crippen molar-refractivity contribution in [3.63, 3.8) is 0 Å². The van der Waals surface area contributed by atoms with Gasteiger partial charge in [0.05, 0.1) is 0 Å². The van der Waals surface area contributed by atoms with Gasteiger partial charge < -0.3 is 5.32 Å². The van der Waals surface area contributed by atoms with E-state index in [4.69, 9.17) is 4.99 Å². The zero-order valence-corrected chi connectivity index (χ0v) is 18.0. The first kappa shape index (κ1) is 19.9. The molecule has 1 aliphatic rings. The molecule has 2 heterocycles. The van der Waals surface area contributed by atoms with Crippen LogP contribution >= 0.6 is 0 Å². The Labute approximate surface area is 176 Å². The SMILES string of the molecule is Cc1ccc(NC2=N[C@H](c3ccc(C(C)C)cc3)n3c(nc(C)cc3=O)N2)c(C)c1. The second-order valence-electron chi connectivity index (χ2n) is 8.17. The van der Waals surface area contributed by atoms with Gasteiger partial charge in [-0.3, -0.25) is 14.7 Å². The van der Waals surface area contributed by atoms with Crippen LogP contribution in [0.3, 0.4) is 0 Å². The fourth-order valence-electron chi connectivity index (χ4n) is 3.67. The molecule has 1 aromatic heterocycles. The lowest BCUT2D eigenvalue weighted by atomic mass is 10.0. The molecule has 4 rings (SSSR count). The third kappa shape index (κ3) is 3.85. The van der Waals surface area contributed by atoms with E-state index < -0.39 is 6.17 Å². The lowest BCUT2D eigenvalue weighted by Crippen LogP contribution is -2.37. The summed E-state index contributed by atoms with van der Waals surface area (Å²) < 4.78 is 1.60. The van der Waals surface area contributed by atoms with Gasteiger partial charge in [-0.05, 0) is 49.4 Å². The fourth-order valence-corrected chi connectivity index (χ4v) is 3.67. The number of nitrogens with zero attached hydrogens (tertiary/aromatic N) is 3. The smallest absolute Gasteiger partial charge is 0.257 e. The van der Waals surface area contributed by atoms with Crippen molar-refractivity contribution in [3.8, 4) is 0 Å². The minimum atomic E-state index is -0.490. The maximum atomic E-state index is 12.8. The summed E-state index contributed by atoms with van der Waals surface area (Å²) in [5.74, 6) is 1.49. The molecule has 2 aromatic carbocycles. The molecule has 0 amide bonds. The Bertz CT molecular complexity index is 1180. The van der Waals surface area contributed by atoms with Gasteiger partial charge in [0.2, 0.25) is 11.9 Å². The molecule has 6 nitrogen and oxygen atoms in total. The van der Waals surface area contributed by atoms with Crippen LogP contribution in [0.25, 0.3) is 0 Å². The Kier molecular flexibility index (Phi) is 5.16. The number of hydrogen-bond acceptors (Lipinski definition) is 5. The van der Waals surface area contributed by atoms with Crippen molar-refractivity contribution in [2.75, 3.05) is 10.6 Å². The monoisotopic (exact) mass is 401 g/mol. The molecule has 0 saturated heterocycles. The molecule has 0 fully saturated rings. The number of rotatable bonds is 3. The van der Waals surface area contributed by atoms with Crippen LogP contribution in [-0.2, 0) is 0 Å². The largest absolute Gasteiger partial charge is 0.326 e. The molecular weight excluding hydrogens is 374 g/mol. The topological polar surface area (TPSA) is 71.3 Å². The highest BCUT2D eigenvalue weighted by Gasteiger charge is 2.25. The quantitative estimate of drug-likeness (QED) is 0.665. The van der Waals surface area contributed by atoms with Crippen LogP contribution in [-0.4, -0.2) is 15.5 Å². The molecule has 0 radical (unpaired) electrons. The van der Waals surface area contributed by atoms with E-state index >= 15 is 0 Å². The van der Waals surface area contributed by atoms with Crippen molar-refractivity contribution in [3.05, 3.63) is 86.8 Å². The van der Waals surface area contributed by atoms with Crippen molar-refractivity contribution in [2.45, 2.75) is 46.7 Å². The zero-order valence-electron chi connectivity index (χ0n) is 18.0. The minimum absolute atomic E-state index is 0.128. The van der Waals surface area contributed by atoms with Gasteiger partial charge in [-0.25, -0.2) is 9.98 Å². The van der Waals surface area contributed by atoms with Gasteiger partial charge in [0.25, 0.3) is 5.56 Å². The maximum absolute atomic E-state index is 12.8. The van der Waals surface area contributed by atoms with Crippen molar-refractivity contribution in [2.24, 2.45) is 4.99 Å². The van der Waals surface area contributed by atoms with Crippen LogP contribution in [0.15, 0.2) is 58.3 Å². The van der Waals surface area contributed by atoms with E-state index in [1.807, 2.05) is 25.1 Å². The summed E-state index contributed by atoms with van der Waals surface area (Å²) in [6, 6.07) is 16.0. The number of aromatic nitrogens is 2. The van der Waals surface area contributed by atoms with Gasteiger partial charge in [-0.2, -0.15) is 0 Å². The maximum Gasteiger partial charge on any atom is 0.257 e. The van der Waals surface area contributed by atoms with E-state index in [9.17, 15) is 4.79 Å². The second kappa shape index (κ2) is 7.78. The molecule has 154 valence electrons. The highest BCUT2D eigenvalue weighted by molar-refractivity contribution is 6.04. The first-order chi connectivity index (χ1) is 14.3. The van der Waals surface area contributed by atoms with Gasteiger partial charge in [0, 0.05) is 17.4 Å². The highest BCUT2D eigenvalue weighted by atomic mass is 16.1. The summed E-state index contributed by atoms with van der Waals surface area (Å²) in [6.45, 7) is 10.3. The number of nitrogens with one attached hydrogen (secondary N) is 2.